The predicted octanol–water partition coefficient (Wildman–Crippen LogP) is 5.34. The first kappa shape index (κ1) is 20.7. The second kappa shape index (κ2) is 7.78. The van der Waals surface area contributed by atoms with Gasteiger partial charge < -0.3 is 0 Å². The molecule has 2 aromatic carbocycles. The van der Waals surface area contributed by atoms with Gasteiger partial charge in [-0.05, 0) is 40.8 Å². The third-order valence-corrected chi connectivity index (χ3v) is 6.25. The maximum atomic E-state index is 12.6. The quantitative estimate of drug-likeness (QED) is 0.585. The first-order valence-corrected chi connectivity index (χ1v) is 10.9. The van der Waals surface area contributed by atoms with E-state index in [-0.39, 0.29) is 10.3 Å². The van der Waals surface area contributed by atoms with Crippen LogP contribution in [0, 0.1) is 0 Å². The number of nitrogens with zero attached hydrogens (tertiary/aromatic N) is 2. The molecule has 0 radical (unpaired) electrons. The number of anilines is 1. The van der Waals surface area contributed by atoms with Crippen LogP contribution in [-0.4, -0.2) is 18.2 Å². The van der Waals surface area contributed by atoms with Crippen molar-refractivity contribution in [3.05, 3.63) is 76.0 Å². The van der Waals surface area contributed by atoms with Crippen LogP contribution in [0.1, 0.15) is 31.9 Å². The normalized spacial score (nSPS) is 12.2. The number of halogens is 2. The Labute approximate surface area is 175 Å². The molecule has 0 amide bonds. The van der Waals surface area contributed by atoms with Crippen LogP contribution in [0.15, 0.2) is 59.8 Å². The zero-order chi connectivity index (χ0) is 20.5. The highest BCUT2D eigenvalue weighted by molar-refractivity contribution is 7.92. The summed E-state index contributed by atoms with van der Waals surface area (Å²) < 4.78 is 29.4. The smallest absolute Gasteiger partial charge is 0.261 e. The molecule has 0 bridgehead atoms. The second-order valence-electron chi connectivity index (χ2n) is 7.54. The van der Waals surface area contributed by atoms with E-state index in [1.54, 1.807) is 35.1 Å². The molecule has 3 aromatic rings. The molecular weight excluding hydrogens is 417 g/mol. The lowest BCUT2D eigenvalue weighted by Gasteiger charge is -2.19. The van der Waals surface area contributed by atoms with Crippen LogP contribution in [0.5, 0.6) is 0 Å². The number of hydrogen-bond donors (Lipinski definition) is 1. The number of nitrogens with one attached hydrogen (secondary N) is 1. The van der Waals surface area contributed by atoms with Crippen molar-refractivity contribution in [2.45, 2.75) is 37.6 Å². The summed E-state index contributed by atoms with van der Waals surface area (Å²) in [4.78, 5) is 0.203. The molecule has 0 aliphatic rings. The van der Waals surface area contributed by atoms with Gasteiger partial charge in [0.25, 0.3) is 10.0 Å². The van der Waals surface area contributed by atoms with Gasteiger partial charge in [0.05, 0.1) is 23.3 Å². The first-order chi connectivity index (χ1) is 13.0. The molecule has 0 unspecified atom stereocenters. The van der Waals surface area contributed by atoms with E-state index >= 15 is 0 Å². The summed E-state index contributed by atoms with van der Waals surface area (Å²) in [7, 11) is -3.70. The third kappa shape index (κ3) is 4.87. The van der Waals surface area contributed by atoms with Crippen molar-refractivity contribution in [1.29, 1.82) is 0 Å². The Morgan fingerprint density at radius 1 is 1.07 bits per heavy atom. The maximum Gasteiger partial charge on any atom is 0.261 e. The van der Waals surface area contributed by atoms with E-state index in [0.29, 0.717) is 22.3 Å². The van der Waals surface area contributed by atoms with Crippen LogP contribution in [0.4, 0.5) is 5.69 Å². The summed E-state index contributed by atoms with van der Waals surface area (Å²) in [5.74, 6) is 0. The summed E-state index contributed by atoms with van der Waals surface area (Å²) in [5, 5.41) is 5.28. The van der Waals surface area contributed by atoms with Gasteiger partial charge in [0.1, 0.15) is 0 Å². The number of hydrogen-bond acceptors (Lipinski definition) is 3. The van der Waals surface area contributed by atoms with Crippen molar-refractivity contribution in [2.24, 2.45) is 0 Å². The minimum absolute atomic E-state index is 0.0419. The molecule has 8 heteroatoms. The molecule has 28 heavy (non-hydrogen) atoms. The standard InChI is InChI=1S/C20H21Cl2N3O2S/c1-20(2,3)15-5-8-18(9-6-15)28(26,27)24-17-11-23-25(13-17)12-14-4-7-16(21)10-19(14)22/h4-11,13,24H,12H2,1-3H3. The van der Waals surface area contributed by atoms with Crippen LogP contribution >= 0.6 is 23.2 Å². The molecule has 0 spiro atoms. The molecule has 1 N–H and O–H groups in total. The Balaban J connectivity index is 1.75. The molecular formula is C20H21Cl2N3O2S. The Bertz CT molecular complexity index is 1090. The Morgan fingerprint density at radius 2 is 1.75 bits per heavy atom. The van der Waals surface area contributed by atoms with Gasteiger partial charge in [-0.3, -0.25) is 9.40 Å². The second-order valence-corrected chi connectivity index (χ2v) is 10.1. The van der Waals surface area contributed by atoms with E-state index < -0.39 is 10.0 Å². The van der Waals surface area contributed by atoms with Gasteiger partial charge >= 0.3 is 0 Å². The van der Waals surface area contributed by atoms with Crippen molar-refractivity contribution in [2.75, 3.05) is 4.72 Å². The molecule has 3 rings (SSSR count). The highest BCUT2D eigenvalue weighted by Gasteiger charge is 2.18. The average Bonchev–Trinajstić information content (AvgIpc) is 3.03. The summed E-state index contributed by atoms with van der Waals surface area (Å²) in [5.41, 5.74) is 2.24. The van der Waals surface area contributed by atoms with Crippen molar-refractivity contribution in [3.8, 4) is 0 Å². The van der Waals surface area contributed by atoms with Crippen LogP contribution in [0.2, 0.25) is 10.0 Å². The van der Waals surface area contributed by atoms with E-state index in [1.165, 1.54) is 6.20 Å². The largest absolute Gasteiger partial charge is 0.276 e. The molecule has 0 aliphatic heterocycles. The minimum atomic E-state index is -3.70. The zero-order valence-electron chi connectivity index (χ0n) is 15.8. The zero-order valence-corrected chi connectivity index (χ0v) is 18.1. The summed E-state index contributed by atoms with van der Waals surface area (Å²) >= 11 is 12.1. The van der Waals surface area contributed by atoms with E-state index in [4.69, 9.17) is 23.2 Å². The number of benzene rings is 2. The maximum absolute atomic E-state index is 12.6. The Kier molecular flexibility index (Phi) is 5.75. The fraction of sp³-hybridized carbons (Fsp3) is 0.250. The molecule has 0 saturated heterocycles. The van der Waals surface area contributed by atoms with E-state index in [1.807, 2.05) is 18.2 Å². The predicted molar refractivity (Wildman–Crippen MR) is 114 cm³/mol. The van der Waals surface area contributed by atoms with Gasteiger partial charge in [0, 0.05) is 16.2 Å². The van der Waals surface area contributed by atoms with Crippen molar-refractivity contribution in [3.63, 3.8) is 0 Å². The number of aromatic nitrogens is 2. The van der Waals surface area contributed by atoms with Crippen LogP contribution < -0.4 is 4.72 Å². The fourth-order valence-electron chi connectivity index (χ4n) is 2.68. The van der Waals surface area contributed by atoms with E-state index in [0.717, 1.165) is 11.1 Å². The van der Waals surface area contributed by atoms with Gasteiger partial charge in [0.15, 0.2) is 0 Å². The molecule has 0 saturated carbocycles. The fourth-order valence-corrected chi connectivity index (χ4v) is 4.17. The number of sulfonamides is 1. The third-order valence-electron chi connectivity index (χ3n) is 4.26. The van der Waals surface area contributed by atoms with Gasteiger partial charge in [-0.25, -0.2) is 8.42 Å². The van der Waals surface area contributed by atoms with Crippen molar-refractivity contribution < 1.29 is 8.42 Å². The van der Waals surface area contributed by atoms with Crippen LogP contribution in [0.25, 0.3) is 0 Å². The van der Waals surface area contributed by atoms with Crippen LogP contribution in [0.3, 0.4) is 0 Å². The monoisotopic (exact) mass is 437 g/mol. The molecule has 0 atom stereocenters. The summed E-state index contributed by atoms with van der Waals surface area (Å²) in [6, 6.07) is 12.1. The highest BCUT2D eigenvalue weighted by atomic mass is 35.5. The molecule has 5 nitrogen and oxygen atoms in total. The van der Waals surface area contributed by atoms with Crippen molar-refractivity contribution >= 4 is 38.9 Å². The lowest BCUT2D eigenvalue weighted by atomic mass is 9.87. The topological polar surface area (TPSA) is 64.0 Å². The molecule has 1 aromatic heterocycles. The molecule has 148 valence electrons. The first-order valence-electron chi connectivity index (χ1n) is 8.64. The SMILES string of the molecule is CC(C)(C)c1ccc(S(=O)(=O)Nc2cnn(Cc3ccc(Cl)cc3Cl)c2)cc1. The minimum Gasteiger partial charge on any atom is -0.276 e. The molecule has 0 aliphatic carbocycles. The highest BCUT2D eigenvalue weighted by Crippen LogP contribution is 2.25. The summed E-state index contributed by atoms with van der Waals surface area (Å²) in [6.07, 6.45) is 3.08. The summed E-state index contributed by atoms with van der Waals surface area (Å²) in [6.45, 7) is 6.64. The Hall–Kier alpha value is -2.02. The van der Waals surface area contributed by atoms with Crippen LogP contribution in [-0.2, 0) is 22.0 Å². The van der Waals surface area contributed by atoms with Gasteiger partial charge in [-0.2, -0.15) is 5.10 Å². The lowest BCUT2D eigenvalue weighted by Crippen LogP contribution is -2.14. The average molecular weight is 438 g/mol. The van der Waals surface area contributed by atoms with Gasteiger partial charge in [0.2, 0.25) is 0 Å². The van der Waals surface area contributed by atoms with E-state index in [9.17, 15) is 8.42 Å². The molecule has 0 fully saturated rings. The van der Waals surface area contributed by atoms with E-state index in [2.05, 4.69) is 30.6 Å². The van der Waals surface area contributed by atoms with Gasteiger partial charge in [-0.15, -0.1) is 0 Å². The lowest BCUT2D eigenvalue weighted by molar-refractivity contribution is 0.587. The molecule has 1 heterocycles. The van der Waals surface area contributed by atoms with Gasteiger partial charge in [-0.1, -0.05) is 62.2 Å². The number of rotatable bonds is 5. The Morgan fingerprint density at radius 3 is 2.36 bits per heavy atom. The van der Waals surface area contributed by atoms with Crippen molar-refractivity contribution in [1.82, 2.24) is 9.78 Å².